The largest absolute Gasteiger partial charge is 0.391 e. The quantitative estimate of drug-likeness (QED) is 0.276. The average molecular weight is 320 g/mol. The van der Waals surface area contributed by atoms with Crippen LogP contribution in [0.25, 0.3) is 16.6 Å². The first kappa shape index (κ1) is 16.7. The van der Waals surface area contributed by atoms with Crippen molar-refractivity contribution in [3.8, 4) is 6.07 Å². The lowest BCUT2D eigenvalue weighted by atomic mass is 10.0. The van der Waals surface area contributed by atoms with Crippen molar-refractivity contribution < 1.29 is 4.92 Å². The third kappa shape index (κ3) is 3.54. The second kappa shape index (κ2) is 7.03. The van der Waals surface area contributed by atoms with Gasteiger partial charge < -0.3 is 4.90 Å². The van der Waals surface area contributed by atoms with Crippen molar-refractivity contribution in [2.75, 3.05) is 19.0 Å². The predicted octanol–water partition coefficient (Wildman–Crippen LogP) is 4.21. The number of hydrogen-bond donors (Lipinski definition) is 0. The van der Waals surface area contributed by atoms with Gasteiger partial charge in [-0.05, 0) is 29.8 Å². The lowest BCUT2D eigenvalue weighted by molar-refractivity contribution is -0.385. The second-order valence-electron chi connectivity index (χ2n) is 5.21. The maximum atomic E-state index is 11.2. The highest BCUT2D eigenvalue weighted by Gasteiger charge is 2.22. The van der Waals surface area contributed by atoms with E-state index in [4.69, 9.17) is 5.39 Å². The van der Waals surface area contributed by atoms with E-state index in [1.807, 2.05) is 49.3 Å². The standard InChI is InChI=1S/C17H14N5O2/c1-21(2)15-6-3-12(4-7-15)9-13(11-18)16-8-5-14(20-19)10-17(16)22(23)24/h3-10H,1-2H3/q+1/b13-9-. The number of anilines is 1. The van der Waals surface area contributed by atoms with Gasteiger partial charge in [-0.25, -0.2) is 0 Å². The number of nitro groups is 1. The van der Waals surface area contributed by atoms with Gasteiger partial charge >= 0.3 is 5.69 Å². The molecule has 0 aliphatic carbocycles. The third-order valence-electron chi connectivity index (χ3n) is 3.42. The summed E-state index contributed by atoms with van der Waals surface area (Å²) in [5.41, 5.74) is 1.85. The monoisotopic (exact) mass is 320 g/mol. The van der Waals surface area contributed by atoms with Crippen molar-refractivity contribution in [1.29, 1.82) is 10.7 Å². The Bertz CT molecular complexity index is 887. The van der Waals surface area contributed by atoms with Crippen LogP contribution >= 0.6 is 0 Å². The smallest absolute Gasteiger partial charge is 0.378 e. The number of nitro benzene ring substituents is 1. The minimum absolute atomic E-state index is 0.0538. The van der Waals surface area contributed by atoms with E-state index in [9.17, 15) is 15.4 Å². The molecule has 0 aromatic heterocycles. The van der Waals surface area contributed by atoms with E-state index in [2.05, 4.69) is 4.98 Å². The minimum atomic E-state index is -0.607. The van der Waals surface area contributed by atoms with Crippen LogP contribution in [0, 0.1) is 26.8 Å². The normalized spacial score (nSPS) is 10.6. The van der Waals surface area contributed by atoms with E-state index < -0.39 is 4.92 Å². The fraction of sp³-hybridized carbons (Fsp3) is 0.118. The van der Waals surface area contributed by atoms with E-state index in [1.54, 1.807) is 6.08 Å². The highest BCUT2D eigenvalue weighted by atomic mass is 16.6. The molecule has 2 rings (SSSR count). The zero-order valence-corrected chi connectivity index (χ0v) is 13.2. The van der Waals surface area contributed by atoms with Crippen molar-refractivity contribution in [2.24, 2.45) is 0 Å². The van der Waals surface area contributed by atoms with Crippen LogP contribution < -0.4 is 4.90 Å². The molecule has 0 aliphatic heterocycles. The van der Waals surface area contributed by atoms with E-state index in [1.165, 1.54) is 12.1 Å². The highest BCUT2D eigenvalue weighted by molar-refractivity contribution is 5.93. The van der Waals surface area contributed by atoms with Gasteiger partial charge in [0, 0.05) is 25.8 Å². The summed E-state index contributed by atoms with van der Waals surface area (Å²) in [6.45, 7) is 0. The number of hydrogen-bond acceptors (Lipinski definition) is 5. The molecular weight excluding hydrogens is 306 g/mol. The molecule has 0 amide bonds. The number of nitriles is 1. The molecule has 7 heteroatoms. The van der Waals surface area contributed by atoms with Gasteiger partial charge in [-0.3, -0.25) is 10.1 Å². The molecule has 0 spiro atoms. The number of allylic oxidation sites excluding steroid dienone is 1. The summed E-state index contributed by atoms with van der Waals surface area (Å²) in [6.07, 6.45) is 1.58. The first-order valence-corrected chi connectivity index (χ1v) is 6.99. The molecule has 0 saturated heterocycles. The van der Waals surface area contributed by atoms with Crippen LogP contribution in [0.2, 0.25) is 0 Å². The van der Waals surface area contributed by atoms with Crippen LogP contribution in [-0.4, -0.2) is 19.0 Å². The summed E-state index contributed by atoms with van der Waals surface area (Å²) in [5, 5.41) is 29.4. The molecule has 118 valence electrons. The van der Waals surface area contributed by atoms with Crippen molar-refractivity contribution in [3.63, 3.8) is 0 Å². The average Bonchev–Trinajstić information content (AvgIpc) is 2.59. The summed E-state index contributed by atoms with van der Waals surface area (Å²) < 4.78 is 0. The van der Waals surface area contributed by atoms with Gasteiger partial charge in [0.1, 0.15) is 12.1 Å². The summed E-state index contributed by atoms with van der Waals surface area (Å²) in [5.74, 6) is 0. The van der Waals surface area contributed by atoms with Gasteiger partial charge in [-0.1, -0.05) is 12.1 Å². The molecule has 0 unspecified atom stereocenters. The first-order chi connectivity index (χ1) is 11.5. The predicted molar refractivity (Wildman–Crippen MR) is 92.1 cm³/mol. The first-order valence-electron chi connectivity index (χ1n) is 6.99. The van der Waals surface area contributed by atoms with Gasteiger partial charge in [0.2, 0.25) is 5.39 Å². The van der Waals surface area contributed by atoms with Crippen LogP contribution in [-0.2, 0) is 0 Å². The summed E-state index contributed by atoms with van der Waals surface area (Å²) in [6, 6.07) is 13.4. The molecule has 24 heavy (non-hydrogen) atoms. The molecule has 0 atom stereocenters. The van der Waals surface area contributed by atoms with Crippen LogP contribution in [0.1, 0.15) is 11.1 Å². The molecule has 0 radical (unpaired) electrons. The summed E-state index contributed by atoms with van der Waals surface area (Å²) in [7, 11) is 3.84. The van der Waals surface area contributed by atoms with Gasteiger partial charge in [0.25, 0.3) is 5.69 Å². The fourth-order valence-electron chi connectivity index (χ4n) is 2.17. The third-order valence-corrected chi connectivity index (χ3v) is 3.42. The molecule has 0 saturated carbocycles. The van der Waals surface area contributed by atoms with E-state index in [0.717, 1.165) is 17.3 Å². The second-order valence-corrected chi connectivity index (χ2v) is 5.21. The molecule has 2 aromatic carbocycles. The molecule has 0 bridgehead atoms. The Hall–Kier alpha value is -3.71. The molecule has 0 fully saturated rings. The molecule has 2 aromatic rings. The lowest BCUT2D eigenvalue weighted by Gasteiger charge is -2.11. The Morgan fingerprint density at radius 2 is 1.92 bits per heavy atom. The fourth-order valence-corrected chi connectivity index (χ4v) is 2.17. The van der Waals surface area contributed by atoms with Gasteiger partial charge in [0.15, 0.2) is 4.98 Å². The van der Waals surface area contributed by atoms with E-state index >= 15 is 0 Å². The van der Waals surface area contributed by atoms with Crippen molar-refractivity contribution in [3.05, 3.63) is 68.7 Å². The van der Waals surface area contributed by atoms with Crippen molar-refractivity contribution in [1.82, 2.24) is 0 Å². The Labute approximate surface area is 138 Å². The Morgan fingerprint density at radius 3 is 2.42 bits per heavy atom. The zero-order valence-electron chi connectivity index (χ0n) is 13.2. The molecule has 7 nitrogen and oxygen atoms in total. The number of benzene rings is 2. The van der Waals surface area contributed by atoms with Crippen LogP contribution in [0.15, 0.2) is 42.5 Å². The summed E-state index contributed by atoms with van der Waals surface area (Å²) in [4.78, 5) is 15.5. The Balaban J connectivity index is 2.51. The Kier molecular flexibility index (Phi) is 4.88. The van der Waals surface area contributed by atoms with Gasteiger partial charge in [-0.2, -0.15) is 5.26 Å². The molecular formula is C17H14N5O2+. The van der Waals surface area contributed by atoms with E-state index in [-0.39, 0.29) is 22.5 Å². The van der Waals surface area contributed by atoms with Gasteiger partial charge in [-0.15, -0.1) is 0 Å². The number of nitrogens with zero attached hydrogens (tertiary/aromatic N) is 5. The minimum Gasteiger partial charge on any atom is -0.378 e. The lowest BCUT2D eigenvalue weighted by Crippen LogP contribution is -2.07. The van der Waals surface area contributed by atoms with Crippen LogP contribution in [0.3, 0.4) is 0 Å². The zero-order chi connectivity index (χ0) is 17.7. The van der Waals surface area contributed by atoms with Crippen molar-refractivity contribution in [2.45, 2.75) is 0 Å². The molecule has 0 heterocycles. The summed E-state index contributed by atoms with van der Waals surface area (Å²) >= 11 is 0. The van der Waals surface area contributed by atoms with Gasteiger partial charge in [0.05, 0.1) is 16.1 Å². The number of rotatable bonds is 4. The SMILES string of the molecule is CN(C)c1ccc(/C=C(/C#N)c2ccc([N+]#N)cc2[N+](=O)[O-])cc1. The Morgan fingerprint density at radius 1 is 1.25 bits per heavy atom. The van der Waals surface area contributed by atoms with Crippen molar-refractivity contribution >= 4 is 28.7 Å². The number of diazo groups is 1. The van der Waals surface area contributed by atoms with E-state index in [0.29, 0.717) is 0 Å². The maximum Gasteiger partial charge on any atom is 0.391 e. The topological polar surface area (TPSA) is 98.3 Å². The molecule has 0 N–H and O–H groups in total. The molecule has 0 aliphatic rings. The maximum absolute atomic E-state index is 11.2. The van der Waals surface area contributed by atoms with Crippen LogP contribution in [0.4, 0.5) is 17.1 Å². The van der Waals surface area contributed by atoms with Crippen LogP contribution in [0.5, 0.6) is 0 Å². The highest BCUT2D eigenvalue weighted by Crippen LogP contribution is 2.31.